The lowest BCUT2D eigenvalue weighted by atomic mass is 10.3. The molecule has 0 aromatic carbocycles. The smallest absolute Gasteiger partial charge is 0.265 e. The van der Waals surface area contributed by atoms with Gasteiger partial charge in [0.05, 0.1) is 0 Å². The standard InChI is InChI=1S/C9H11NO2S.C2H6/c1-3-6-4-7-9(13-6)10(2)8(11)5-12-7;1-2/h4H,3,5H2,1-2H3;1-2H3. The molecule has 2 heterocycles. The van der Waals surface area contributed by atoms with Crippen LogP contribution in [-0.4, -0.2) is 19.6 Å². The summed E-state index contributed by atoms with van der Waals surface area (Å²) in [5, 5.41) is 0.938. The molecule has 0 fully saturated rings. The van der Waals surface area contributed by atoms with E-state index in [1.54, 1.807) is 23.3 Å². The van der Waals surface area contributed by atoms with Crippen LogP contribution < -0.4 is 9.64 Å². The van der Waals surface area contributed by atoms with E-state index >= 15 is 0 Å². The molecule has 0 bridgehead atoms. The van der Waals surface area contributed by atoms with Gasteiger partial charge in [0.2, 0.25) is 0 Å². The van der Waals surface area contributed by atoms with E-state index in [0.29, 0.717) is 0 Å². The van der Waals surface area contributed by atoms with E-state index in [1.807, 2.05) is 19.9 Å². The number of thiophene rings is 1. The minimum absolute atomic E-state index is 0.0250. The summed E-state index contributed by atoms with van der Waals surface area (Å²) in [7, 11) is 1.79. The lowest BCUT2D eigenvalue weighted by molar-refractivity contribution is -0.120. The van der Waals surface area contributed by atoms with Crippen LogP contribution >= 0.6 is 11.3 Å². The van der Waals surface area contributed by atoms with Crippen molar-refractivity contribution in [3.05, 3.63) is 10.9 Å². The number of ether oxygens (including phenoxy) is 1. The van der Waals surface area contributed by atoms with Crippen molar-refractivity contribution >= 4 is 22.2 Å². The van der Waals surface area contributed by atoms with E-state index in [2.05, 4.69) is 6.92 Å². The third kappa shape index (κ3) is 2.31. The number of hydrogen-bond acceptors (Lipinski definition) is 3. The molecule has 0 saturated carbocycles. The molecule has 0 radical (unpaired) electrons. The molecule has 0 spiro atoms. The quantitative estimate of drug-likeness (QED) is 0.738. The molecule has 1 aromatic heterocycles. The maximum atomic E-state index is 11.3. The molecule has 1 aliphatic heterocycles. The van der Waals surface area contributed by atoms with Gasteiger partial charge in [-0.25, -0.2) is 0 Å². The summed E-state index contributed by atoms with van der Waals surface area (Å²) in [5.74, 6) is 0.876. The summed E-state index contributed by atoms with van der Waals surface area (Å²) in [5.41, 5.74) is 0. The van der Waals surface area contributed by atoms with Crippen molar-refractivity contribution in [2.45, 2.75) is 27.2 Å². The molecule has 1 aliphatic rings. The Morgan fingerprint density at radius 1 is 1.53 bits per heavy atom. The predicted molar refractivity (Wildman–Crippen MR) is 64.0 cm³/mol. The first-order chi connectivity index (χ1) is 7.22. The van der Waals surface area contributed by atoms with Crippen LogP contribution in [0.3, 0.4) is 0 Å². The van der Waals surface area contributed by atoms with Gasteiger partial charge in [0.25, 0.3) is 5.91 Å². The average molecular weight is 227 g/mol. The van der Waals surface area contributed by atoms with Gasteiger partial charge in [-0.05, 0) is 12.5 Å². The molecular weight excluding hydrogens is 210 g/mol. The minimum atomic E-state index is 0.0250. The SMILES string of the molecule is CC.CCc1cc2c(s1)N(C)C(=O)CO2. The molecule has 84 valence electrons. The first-order valence-electron chi connectivity index (χ1n) is 5.24. The highest BCUT2D eigenvalue weighted by Gasteiger charge is 2.24. The number of carbonyl (C=O) groups is 1. The second-order valence-electron chi connectivity index (χ2n) is 2.98. The number of carbonyl (C=O) groups excluding carboxylic acids is 1. The average Bonchev–Trinajstić information content (AvgIpc) is 2.70. The molecule has 15 heavy (non-hydrogen) atoms. The van der Waals surface area contributed by atoms with Crippen molar-refractivity contribution in [1.82, 2.24) is 0 Å². The lowest BCUT2D eigenvalue weighted by Gasteiger charge is -2.22. The minimum Gasteiger partial charge on any atom is -0.481 e. The molecule has 0 N–H and O–H groups in total. The monoisotopic (exact) mass is 227 g/mol. The Kier molecular flexibility index (Phi) is 4.15. The van der Waals surface area contributed by atoms with E-state index in [4.69, 9.17) is 4.74 Å². The maximum absolute atomic E-state index is 11.3. The van der Waals surface area contributed by atoms with Gasteiger partial charge in [-0.15, -0.1) is 11.3 Å². The van der Waals surface area contributed by atoms with Gasteiger partial charge in [0.15, 0.2) is 12.4 Å². The fourth-order valence-electron chi connectivity index (χ4n) is 1.27. The molecule has 0 atom stereocenters. The summed E-state index contributed by atoms with van der Waals surface area (Å²) in [6.07, 6.45) is 0.989. The van der Waals surface area contributed by atoms with Crippen LogP contribution in [0.4, 0.5) is 5.00 Å². The van der Waals surface area contributed by atoms with Gasteiger partial charge in [-0.2, -0.15) is 0 Å². The van der Waals surface area contributed by atoms with Gasteiger partial charge >= 0.3 is 0 Å². The number of rotatable bonds is 1. The zero-order valence-corrected chi connectivity index (χ0v) is 10.5. The first kappa shape index (κ1) is 12.0. The molecule has 1 amide bonds. The number of nitrogens with zero attached hydrogens (tertiary/aromatic N) is 1. The Bertz CT molecular complexity index is 346. The second kappa shape index (κ2) is 5.16. The first-order valence-corrected chi connectivity index (χ1v) is 6.06. The third-order valence-corrected chi connectivity index (χ3v) is 3.45. The van der Waals surface area contributed by atoms with Gasteiger partial charge in [0, 0.05) is 11.9 Å². The van der Waals surface area contributed by atoms with Crippen molar-refractivity contribution in [2.24, 2.45) is 0 Å². The Morgan fingerprint density at radius 3 is 2.80 bits per heavy atom. The number of anilines is 1. The Hall–Kier alpha value is -1.03. The van der Waals surface area contributed by atoms with Crippen LogP contribution in [0.15, 0.2) is 6.07 Å². The molecule has 4 heteroatoms. The van der Waals surface area contributed by atoms with Crippen LogP contribution in [0.2, 0.25) is 0 Å². The van der Waals surface area contributed by atoms with Gasteiger partial charge in [-0.3, -0.25) is 4.79 Å². The van der Waals surface area contributed by atoms with E-state index in [-0.39, 0.29) is 12.5 Å². The number of likely N-dealkylation sites (N-methyl/N-ethyl adjacent to an activating group) is 1. The van der Waals surface area contributed by atoms with Crippen LogP contribution in [-0.2, 0) is 11.2 Å². The third-order valence-electron chi connectivity index (χ3n) is 2.11. The van der Waals surface area contributed by atoms with Crippen molar-refractivity contribution < 1.29 is 9.53 Å². The highest BCUT2D eigenvalue weighted by molar-refractivity contribution is 7.16. The van der Waals surface area contributed by atoms with Crippen LogP contribution in [0.5, 0.6) is 5.75 Å². The van der Waals surface area contributed by atoms with E-state index < -0.39 is 0 Å². The number of hydrogen-bond donors (Lipinski definition) is 0. The van der Waals surface area contributed by atoms with Crippen LogP contribution in [0.25, 0.3) is 0 Å². The Labute approximate surface area is 94.7 Å². The van der Waals surface area contributed by atoms with Crippen molar-refractivity contribution in [1.29, 1.82) is 0 Å². The zero-order chi connectivity index (χ0) is 11.4. The summed E-state index contributed by atoms with van der Waals surface area (Å²) in [6, 6.07) is 2.02. The lowest BCUT2D eigenvalue weighted by Crippen LogP contribution is -2.34. The van der Waals surface area contributed by atoms with E-state index in [9.17, 15) is 4.79 Å². The predicted octanol–water partition coefficient (Wildman–Crippen LogP) is 2.69. The van der Waals surface area contributed by atoms with Crippen molar-refractivity contribution in [3.63, 3.8) is 0 Å². The van der Waals surface area contributed by atoms with Crippen molar-refractivity contribution in [3.8, 4) is 5.75 Å². The van der Waals surface area contributed by atoms with Crippen LogP contribution in [0, 0.1) is 0 Å². The number of amides is 1. The fourth-order valence-corrected chi connectivity index (χ4v) is 2.29. The van der Waals surface area contributed by atoms with Gasteiger partial charge in [-0.1, -0.05) is 20.8 Å². The zero-order valence-electron chi connectivity index (χ0n) is 9.66. The van der Waals surface area contributed by atoms with Gasteiger partial charge < -0.3 is 9.64 Å². The maximum Gasteiger partial charge on any atom is 0.265 e. The van der Waals surface area contributed by atoms with E-state index in [0.717, 1.165) is 17.2 Å². The van der Waals surface area contributed by atoms with Crippen molar-refractivity contribution in [2.75, 3.05) is 18.6 Å². The highest BCUT2D eigenvalue weighted by Crippen LogP contribution is 2.39. The van der Waals surface area contributed by atoms with E-state index in [1.165, 1.54) is 4.88 Å². The highest BCUT2D eigenvalue weighted by atomic mass is 32.1. The fraction of sp³-hybridized carbons (Fsp3) is 0.545. The molecule has 0 unspecified atom stereocenters. The molecule has 3 nitrogen and oxygen atoms in total. The summed E-state index contributed by atoms with van der Waals surface area (Å²) in [6.45, 7) is 6.27. The van der Waals surface area contributed by atoms with Gasteiger partial charge in [0.1, 0.15) is 5.00 Å². The second-order valence-corrected chi connectivity index (χ2v) is 4.09. The topological polar surface area (TPSA) is 29.5 Å². The molecular formula is C11H17NO2S. The molecule has 1 aromatic rings. The normalized spacial score (nSPS) is 13.9. The molecule has 2 rings (SSSR count). The summed E-state index contributed by atoms with van der Waals surface area (Å²) >= 11 is 1.63. The number of aryl methyl sites for hydroxylation is 1. The Balaban J connectivity index is 0.000000531. The largest absolute Gasteiger partial charge is 0.481 e. The molecule has 0 aliphatic carbocycles. The van der Waals surface area contributed by atoms with Crippen LogP contribution in [0.1, 0.15) is 25.6 Å². The number of fused-ring (bicyclic) bond motifs is 1. The summed E-state index contributed by atoms with van der Waals surface area (Å²) < 4.78 is 5.31. The molecule has 0 saturated heterocycles. The summed E-state index contributed by atoms with van der Waals surface area (Å²) in [4.78, 5) is 14.2. The Morgan fingerprint density at radius 2 is 2.20 bits per heavy atom.